The fourth-order valence-corrected chi connectivity index (χ4v) is 2.03. The maximum absolute atomic E-state index is 12.0. The zero-order valence-corrected chi connectivity index (χ0v) is 13.6. The normalized spacial score (nSPS) is 12.5. The highest BCUT2D eigenvalue weighted by molar-refractivity contribution is 5.92. The quantitative estimate of drug-likeness (QED) is 0.767. The van der Waals surface area contributed by atoms with E-state index in [-0.39, 0.29) is 11.9 Å². The molecule has 1 aromatic carbocycles. The number of hydrogen-bond acceptors (Lipinski definition) is 4. The Labute approximate surface area is 127 Å². The van der Waals surface area contributed by atoms with E-state index in [0.717, 1.165) is 18.0 Å². The molecule has 0 aliphatic rings. The van der Waals surface area contributed by atoms with Crippen LogP contribution in [-0.4, -0.2) is 51.1 Å². The van der Waals surface area contributed by atoms with E-state index in [1.54, 1.807) is 13.2 Å². The molecule has 0 aliphatic heterocycles. The van der Waals surface area contributed by atoms with Gasteiger partial charge in [0.15, 0.2) is 0 Å². The highest BCUT2D eigenvalue weighted by Gasteiger charge is 2.15. The van der Waals surface area contributed by atoms with Gasteiger partial charge in [0.2, 0.25) is 5.91 Å². The Morgan fingerprint density at radius 2 is 2.05 bits per heavy atom. The number of methoxy groups -OCH3 is 1. The lowest BCUT2D eigenvalue weighted by Gasteiger charge is -2.25. The number of likely N-dealkylation sites (N-methyl/N-ethyl adjacent to an activating group) is 1. The van der Waals surface area contributed by atoms with Gasteiger partial charge in [-0.1, -0.05) is 19.9 Å². The van der Waals surface area contributed by atoms with Crippen LogP contribution in [0.3, 0.4) is 0 Å². The molecule has 0 saturated carbocycles. The summed E-state index contributed by atoms with van der Waals surface area (Å²) in [6.07, 6.45) is 0. The van der Waals surface area contributed by atoms with Gasteiger partial charge in [0.25, 0.3) is 0 Å². The predicted octanol–water partition coefficient (Wildman–Crippen LogP) is 1.81. The molecule has 2 N–H and O–H groups in total. The van der Waals surface area contributed by atoms with Gasteiger partial charge in [-0.05, 0) is 32.1 Å². The molecule has 5 heteroatoms. The van der Waals surface area contributed by atoms with Gasteiger partial charge in [-0.25, -0.2) is 0 Å². The SMILES string of the molecule is COc1cccc(NC(=O)CNC(CN(C)C)C(C)C)c1. The average molecular weight is 293 g/mol. The molecule has 0 saturated heterocycles. The van der Waals surface area contributed by atoms with Crippen LogP contribution in [0.1, 0.15) is 13.8 Å². The van der Waals surface area contributed by atoms with Gasteiger partial charge in [-0.15, -0.1) is 0 Å². The molecule has 0 radical (unpaired) electrons. The van der Waals surface area contributed by atoms with Crippen LogP contribution >= 0.6 is 0 Å². The van der Waals surface area contributed by atoms with Crippen molar-refractivity contribution in [1.82, 2.24) is 10.2 Å². The molecule has 0 aliphatic carbocycles. The number of anilines is 1. The molecular weight excluding hydrogens is 266 g/mol. The molecule has 1 rings (SSSR count). The number of rotatable bonds is 8. The van der Waals surface area contributed by atoms with E-state index in [1.807, 2.05) is 32.3 Å². The van der Waals surface area contributed by atoms with Crippen LogP contribution in [0.25, 0.3) is 0 Å². The molecule has 0 aromatic heterocycles. The zero-order valence-electron chi connectivity index (χ0n) is 13.6. The second-order valence-corrected chi connectivity index (χ2v) is 5.77. The largest absolute Gasteiger partial charge is 0.497 e. The number of carbonyl (C=O) groups is 1. The highest BCUT2D eigenvalue weighted by Crippen LogP contribution is 2.16. The van der Waals surface area contributed by atoms with Crippen LogP contribution in [0, 0.1) is 5.92 Å². The molecule has 0 spiro atoms. The monoisotopic (exact) mass is 293 g/mol. The van der Waals surface area contributed by atoms with Crippen LogP contribution in [0.15, 0.2) is 24.3 Å². The number of nitrogens with zero attached hydrogens (tertiary/aromatic N) is 1. The fraction of sp³-hybridized carbons (Fsp3) is 0.562. The van der Waals surface area contributed by atoms with E-state index in [9.17, 15) is 4.79 Å². The number of nitrogens with one attached hydrogen (secondary N) is 2. The number of carbonyl (C=O) groups excluding carboxylic acids is 1. The Morgan fingerprint density at radius 1 is 1.33 bits per heavy atom. The van der Waals surface area contributed by atoms with E-state index in [0.29, 0.717) is 12.5 Å². The lowest BCUT2D eigenvalue weighted by molar-refractivity contribution is -0.115. The number of amides is 1. The predicted molar refractivity (Wildman–Crippen MR) is 86.8 cm³/mol. The molecule has 1 amide bonds. The van der Waals surface area contributed by atoms with Crippen molar-refractivity contribution >= 4 is 11.6 Å². The van der Waals surface area contributed by atoms with Gasteiger partial charge in [0.1, 0.15) is 5.75 Å². The van der Waals surface area contributed by atoms with E-state index < -0.39 is 0 Å². The third-order valence-corrected chi connectivity index (χ3v) is 3.24. The van der Waals surface area contributed by atoms with Crippen molar-refractivity contribution in [2.45, 2.75) is 19.9 Å². The van der Waals surface area contributed by atoms with E-state index >= 15 is 0 Å². The number of hydrogen-bond donors (Lipinski definition) is 2. The van der Waals surface area contributed by atoms with Crippen molar-refractivity contribution < 1.29 is 9.53 Å². The summed E-state index contributed by atoms with van der Waals surface area (Å²) < 4.78 is 5.14. The third kappa shape index (κ3) is 6.60. The van der Waals surface area contributed by atoms with Crippen LogP contribution in [0.5, 0.6) is 5.75 Å². The Balaban J connectivity index is 2.48. The van der Waals surface area contributed by atoms with Crippen LogP contribution in [0.4, 0.5) is 5.69 Å². The minimum Gasteiger partial charge on any atom is -0.497 e. The molecule has 118 valence electrons. The molecule has 0 heterocycles. The van der Waals surface area contributed by atoms with Crippen molar-refractivity contribution in [1.29, 1.82) is 0 Å². The Hall–Kier alpha value is -1.59. The van der Waals surface area contributed by atoms with E-state index in [1.165, 1.54) is 0 Å². The first-order chi connectivity index (χ1) is 9.92. The number of ether oxygens (including phenoxy) is 1. The summed E-state index contributed by atoms with van der Waals surface area (Å²) in [5.41, 5.74) is 0.745. The van der Waals surface area contributed by atoms with Gasteiger partial charge in [-0.2, -0.15) is 0 Å². The maximum Gasteiger partial charge on any atom is 0.238 e. The van der Waals surface area contributed by atoms with Crippen LogP contribution in [0.2, 0.25) is 0 Å². The standard InChI is InChI=1S/C16H27N3O2/c1-12(2)15(11-19(3)4)17-10-16(20)18-13-7-6-8-14(9-13)21-5/h6-9,12,15,17H,10-11H2,1-5H3,(H,18,20). The summed E-state index contributed by atoms with van der Waals surface area (Å²) in [6.45, 7) is 5.51. The molecule has 5 nitrogen and oxygen atoms in total. The Morgan fingerprint density at radius 3 is 2.62 bits per heavy atom. The lowest BCUT2D eigenvalue weighted by atomic mass is 10.0. The average Bonchev–Trinajstić information content (AvgIpc) is 2.43. The molecule has 1 aromatic rings. The maximum atomic E-state index is 12.0. The highest BCUT2D eigenvalue weighted by atomic mass is 16.5. The molecule has 21 heavy (non-hydrogen) atoms. The molecule has 0 fully saturated rings. The van der Waals surface area contributed by atoms with Crippen molar-refractivity contribution in [3.05, 3.63) is 24.3 Å². The zero-order chi connectivity index (χ0) is 15.8. The molecule has 0 bridgehead atoms. The minimum atomic E-state index is -0.0485. The summed E-state index contributed by atoms with van der Waals surface area (Å²) in [5.74, 6) is 1.15. The molecule has 1 atom stereocenters. The topological polar surface area (TPSA) is 53.6 Å². The first kappa shape index (κ1) is 17.5. The second-order valence-electron chi connectivity index (χ2n) is 5.77. The van der Waals surface area contributed by atoms with Crippen molar-refractivity contribution in [2.75, 3.05) is 39.6 Å². The first-order valence-electron chi connectivity index (χ1n) is 7.24. The first-order valence-corrected chi connectivity index (χ1v) is 7.24. The fourth-order valence-electron chi connectivity index (χ4n) is 2.03. The van der Waals surface area contributed by atoms with Crippen molar-refractivity contribution in [3.8, 4) is 5.75 Å². The van der Waals surface area contributed by atoms with Crippen LogP contribution in [-0.2, 0) is 4.79 Å². The molecular formula is C16H27N3O2. The number of benzene rings is 1. The van der Waals surface area contributed by atoms with Gasteiger partial charge in [0, 0.05) is 24.3 Å². The van der Waals surface area contributed by atoms with E-state index in [4.69, 9.17) is 4.74 Å². The Kier molecular flexibility index (Phi) is 7.19. The van der Waals surface area contributed by atoms with Crippen LogP contribution < -0.4 is 15.4 Å². The smallest absolute Gasteiger partial charge is 0.238 e. The minimum absolute atomic E-state index is 0.0485. The van der Waals surface area contributed by atoms with Crippen molar-refractivity contribution in [2.24, 2.45) is 5.92 Å². The second kappa shape index (κ2) is 8.64. The summed E-state index contributed by atoms with van der Waals surface area (Å²) in [5, 5.41) is 6.18. The lowest BCUT2D eigenvalue weighted by Crippen LogP contribution is -2.45. The molecule has 1 unspecified atom stereocenters. The van der Waals surface area contributed by atoms with E-state index in [2.05, 4.69) is 29.4 Å². The third-order valence-electron chi connectivity index (χ3n) is 3.24. The van der Waals surface area contributed by atoms with Gasteiger partial charge in [0.05, 0.1) is 13.7 Å². The van der Waals surface area contributed by atoms with Gasteiger partial charge < -0.3 is 20.3 Å². The Bertz CT molecular complexity index is 447. The summed E-state index contributed by atoms with van der Waals surface area (Å²) in [7, 11) is 5.68. The van der Waals surface area contributed by atoms with Gasteiger partial charge in [-0.3, -0.25) is 4.79 Å². The van der Waals surface area contributed by atoms with Crippen molar-refractivity contribution in [3.63, 3.8) is 0 Å². The summed E-state index contributed by atoms with van der Waals surface area (Å²) in [6, 6.07) is 7.64. The summed E-state index contributed by atoms with van der Waals surface area (Å²) >= 11 is 0. The summed E-state index contributed by atoms with van der Waals surface area (Å²) in [4.78, 5) is 14.1. The van der Waals surface area contributed by atoms with Gasteiger partial charge >= 0.3 is 0 Å².